The van der Waals surface area contributed by atoms with E-state index in [1.54, 1.807) is 7.05 Å². The molecule has 1 N–H and O–H groups in total. The Labute approximate surface area is 109 Å². The minimum absolute atomic E-state index is 0.0742. The van der Waals surface area contributed by atoms with Gasteiger partial charge in [-0.2, -0.15) is 0 Å². The van der Waals surface area contributed by atoms with Crippen LogP contribution in [-0.4, -0.2) is 59.5 Å². The molecule has 1 aliphatic heterocycles. The van der Waals surface area contributed by atoms with Gasteiger partial charge in [0.25, 0.3) is 0 Å². The Morgan fingerprint density at radius 3 is 2.44 bits per heavy atom. The summed E-state index contributed by atoms with van der Waals surface area (Å²) in [4.78, 5) is 26.9. The molecule has 1 aliphatic rings. The highest BCUT2D eigenvalue weighted by Crippen LogP contribution is 2.20. The summed E-state index contributed by atoms with van der Waals surface area (Å²) in [6.07, 6.45) is 2.56. The van der Waals surface area contributed by atoms with Crippen LogP contribution in [0.15, 0.2) is 0 Å². The summed E-state index contributed by atoms with van der Waals surface area (Å²) in [5.41, 5.74) is 0. The maximum absolute atomic E-state index is 12.1. The third-order valence-electron chi connectivity index (χ3n) is 3.78. The number of hydrogen-bond acceptors (Lipinski definition) is 3. The van der Waals surface area contributed by atoms with Gasteiger partial charge in [-0.05, 0) is 32.4 Å². The van der Waals surface area contributed by atoms with E-state index in [1.165, 1.54) is 4.90 Å². The molecule has 0 spiro atoms. The van der Waals surface area contributed by atoms with Gasteiger partial charge in [-0.25, -0.2) is 4.79 Å². The minimum Gasteiger partial charge on any atom is -0.480 e. The quantitative estimate of drug-likeness (QED) is 0.798. The fourth-order valence-corrected chi connectivity index (χ4v) is 2.64. The number of aliphatic carboxylic acids is 1. The van der Waals surface area contributed by atoms with E-state index in [0.29, 0.717) is 6.42 Å². The van der Waals surface area contributed by atoms with Crippen LogP contribution >= 0.6 is 0 Å². The topological polar surface area (TPSA) is 60.9 Å². The zero-order chi connectivity index (χ0) is 13.9. The lowest BCUT2D eigenvalue weighted by atomic mass is 10.0. The minimum atomic E-state index is -0.930. The predicted octanol–water partition coefficient (Wildman–Crippen LogP) is 1.04. The monoisotopic (exact) mass is 256 g/mol. The molecule has 1 fully saturated rings. The molecule has 1 heterocycles. The first-order chi connectivity index (χ1) is 8.34. The van der Waals surface area contributed by atoms with Crippen LogP contribution in [0.2, 0.25) is 0 Å². The van der Waals surface area contributed by atoms with Crippen LogP contribution in [0.1, 0.15) is 33.1 Å². The van der Waals surface area contributed by atoms with Gasteiger partial charge in [0.1, 0.15) is 6.04 Å². The van der Waals surface area contributed by atoms with E-state index >= 15 is 0 Å². The van der Waals surface area contributed by atoms with Crippen LogP contribution in [0.3, 0.4) is 0 Å². The van der Waals surface area contributed by atoms with Crippen LogP contribution in [-0.2, 0) is 9.59 Å². The molecule has 0 aromatic rings. The molecule has 5 heteroatoms. The van der Waals surface area contributed by atoms with Crippen molar-refractivity contribution in [2.24, 2.45) is 5.92 Å². The average Bonchev–Trinajstić information content (AvgIpc) is 2.63. The Morgan fingerprint density at radius 2 is 2.06 bits per heavy atom. The van der Waals surface area contributed by atoms with Gasteiger partial charge in [-0.3, -0.25) is 4.79 Å². The Morgan fingerprint density at radius 1 is 1.44 bits per heavy atom. The Balaban J connectivity index is 2.62. The molecule has 5 nitrogen and oxygen atoms in total. The van der Waals surface area contributed by atoms with Crippen LogP contribution < -0.4 is 0 Å². The Bertz CT molecular complexity index is 317. The van der Waals surface area contributed by atoms with Gasteiger partial charge < -0.3 is 14.9 Å². The normalized spacial score (nSPS) is 22.2. The fourth-order valence-electron chi connectivity index (χ4n) is 2.64. The first kappa shape index (κ1) is 15.0. The van der Waals surface area contributed by atoms with Crippen molar-refractivity contribution in [3.63, 3.8) is 0 Å². The van der Waals surface area contributed by atoms with E-state index in [-0.39, 0.29) is 17.9 Å². The van der Waals surface area contributed by atoms with Crippen molar-refractivity contribution in [2.45, 2.75) is 45.2 Å². The van der Waals surface area contributed by atoms with Gasteiger partial charge in [0.2, 0.25) is 5.91 Å². The van der Waals surface area contributed by atoms with E-state index in [0.717, 1.165) is 19.4 Å². The van der Waals surface area contributed by atoms with Gasteiger partial charge in [-0.1, -0.05) is 13.8 Å². The zero-order valence-corrected chi connectivity index (χ0v) is 11.7. The molecule has 0 aliphatic carbocycles. The van der Waals surface area contributed by atoms with E-state index in [4.69, 9.17) is 0 Å². The highest BCUT2D eigenvalue weighted by atomic mass is 16.4. The molecule has 0 bridgehead atoms. The summed E-state index contributed by atoms with van der Waals surface area (Å²) in [5.74, 6) is -1.09. The Kier molecular flexibility index (Phi) is 5.14. The molecule has 1 amide bonds. The summed E-state index contributed by atoms with van der Waals surface area (Å²) >= 11 is 0. The summed E-state index contributed by atoms with van der Waals surface area (Å²) in [6, 6.07) is -0.467. The molecule has 2 unspecified atom stereocenters. The van der Waals surface area contributed by atoms with Crippen molar-refractivity contribution in [2.75, 3.05) is 20.6 Å². The van der Waals surface area contributed by atoms with Crippen LogP contribution in [0.4, 0.5) is 0 Å². The summed E-state index contributed by atoms with van der Waals surface area (Å²) < 4.78 is 0. The number of amides is 1. The van der Waals surface area contributed by atoms with Gasteiger partial charge in [0.15, 0.2) is 0 Å². The SMILES string of the molecule is CC(C)C(C(=O)O)N(C)C(=O)CC1CCCN1C. The van der Waals surface area contributed by atoms with E-state index in [9.17, 15) is 14.7 Å². The predicted molar refractivity (Wildman–Crippen MR) is 69.3 cm³/mol. The van der Waals surface area contributed by atoms with Crippen LogP contribution in [0, 0.1) is 5.92 Å². The van der Waals surface area contributed by atoms with E-state index in [1.807, 2.05) is 20.9 Å². The molecule has 0 saturated carbocycles. The second-order valence-corrected chi connectivity index (χ2v) is 5.51. The summed E-state index contributed by atoms with van der Waals surface area (Å²) in [5, 5.41) is 9.17. The molecule has 0 aromatic carbocycles. The molecule has 0 radical (unpaired) electrons. The number of likely N-dealkylation sites (N-methyl/N-ethyl adjacent to an activating group) is 1. The largest absolute Gasteiger partial charge is 0.480 e. The van der Waals surface area contributed by atoms with Crippen molar-refractivity contribution in [1.82, 2.24) is 9.80 Å². The Hall–Kier alpha value is -1.10. The number of nitrogens with zero attached hydrogens (tertiary/aromatic N) is 2. The number of carbonyl (C=O) groups excluding carboxylic acids is 1. The number of likely N-dealkylation sites (tertiary alicyclic amines) is 1. The number of rotatable bonds is 5. The molecular weight excluding hydrogens is 232 g/mol. The van der Waals surface area contributed by atoms with Crippen molar-refractivity contribution in [3.8, 4) is 0 Å². The molecule has 18 heavy (non-hydrogen) atoms. The lowest BCUT2D eigenvalue weighted by Gasteiger charge is -2.29. The second-order valence-electron chi connectivity index (χ2n) is 5.51. The third kappa shape index (κ3) is 3.45. The molecule has 2 atom stereocenters. The van der Waals surface area contributed by atoms with Gasteiger partial charge >= 0.3 is 5.97 Å². The fraction of sp³-hybridized carbons (Fsp3) is 0.846. The van der Waals surface area contributed by atoms with Gasteiger partial charge in [-0.15, -0.1) is 0 Å². The third-order valence-corrected chi connectivity index (χ3v) is 3.78. The van der Waals surface area contributed by atoms with E-state index < -0.39 is 12.0 Å². The van der Waals surface area contributed by atoms with Crippen LogP contribution in [0.5, 0.6) is 0 Å². The van der Waals surface area contributed by atoms with Crippen molar-refractivity contribution in [3.05, 3.63) is 0 Å². The first-order valence-electron chi connectivity index (χ1n) is 6.53. The number of carbonyl (C=O) groups is 2. The lowest BCUT2D eigenvalue weighted by molar-refractivity contribution is -0.151. The second kappa shape index (κ2) is 6.18. The highest BCUT2D eigenvalue weighted by Gasteiger charge is 2.32. The average molecular weight is 256 g/mol. The maximum atomic E-state index is 12.1. The molecule has 104 valence electrons. The van der Waals surface area contributed by atoms with Crippen molar-refractivity contribution < 1.29 is 14.7 Å². The first-order valence-corrected chi connectivity index (χ1v) is 6.53. The van der Waals surface area contributed by atoms with Crippen molar-refractivity contribution in [1.29, 1.82) is 0 Å². The zero-order valence-electron chi connectivity index (χ0n) is 11.7. The lowest BCUT2D eigenvalue weighted by Crippen LogP contribution is -2.47. The molecule has 1 rings (SSSR count). The van der Waals surface area contributed by atoms with E-state index in [2.05, 4.69) is 4.90 Å². The molecule has 1 saturated heterocycles. The molecular formula is C13H24N2O3. The standard InChI is InChI=1S/C13H24N2O3/c1-9(2)12(13(17)18)15(4)11(16)8-10-6-5-7-14(10)3/h9-10,12H,5-8H2,1-4H3,(H,17,18). The number of hydrogen-bond donors (Lipinski definition) is 1. The maximum Gasteiger partial charge on any atom is 0.326 e. The van der Waals surface area contributed by atoms with Crippen molar-refractivity contribution >= 4 is 11.9 Å². The summed E-state index contributed by atoms with van der Waals surface area (Å²) in [6.45, 7) is 4.67. The van der Waals surface area contributed by atoms with Gasteiger partial charge in [0, 0.05) is 19.5 Å². The van der Waals surface area contributed by atoms with Crippen LogP contribution in [0.25, 0.3) is 0 Å². The summed E-state index contributed by atoms with van der Waals surface area (Å²) in [7, 11) is 3.61. The highest BCUT2D eigenvalue weighted by molar-refractivity contribution is 5.84. The smallest absolute Gasteiger partial charge is 0.326 e. The number of carboxylic acids is 1. The number of carboxylic acid groups (broad SMARTS) is 1. The molecule has 0 aromatic heterocycles. The van der Waals surface area contributed by atoms with Gasteiger partial charge in [0.05, 0.1) is 0 Å².